The van der Waals surface area contributed by atoms with Crippen LogP contribution in [-0.4, -0.2) is 68.2 Å². The van der Waals surface area contributed by atoms with E-state index in [1.165, 1.54) is 12.4 Å². The maximum Gasteiger partial charge on any atom is 0.422 e. The third kappa shape index (κ3) is 7.81. The number of carbonyl (C=O) groups excluding carboxylic acids is 3. The van der Waals surface area contributed by atoms with Gasteiger partial charge in [0.05, 0.1) is 11.2 Å². The highest BCUT2D eigenvalue weighted by atomic mass is 35.5. The number of nitrogens with zero attached hydrogens (tertiary/aromatic N) is 4. The Morgan fingerprint density at radius 1 is 1.00 bits per heavy atom. The molecule has 2 aromatic heterocycles. The molecule has 0 amide bonds. The fourth-order valence-corrected chi connectivity index (χ4v) is 5.79. The molecule has 0 bridgehead atoms. The van der Waals surface area contributed by atoms with E-state index in [1.54, 1.807) is 6.07 Å². The van der Waals surface area contributed by atoms with Crippen molar-refractivity contribution in [3.8, 4) is 11.3 Å². The number of hydrogen-bond donors (Lipinski definition) is 0. The predicted octanol–water partition coefficient (Wildman–Crippen LogP) is 4.78. The highest BCUT2D eigenvalue weighted by Crippen LogP contribution is 2.42. The van der Waals surface area contributed by atoms with Gasteiger partial charge in [-0.1, -0.05) is 28.6 Å². The van der Waals surface area contributed by atoms with Gasteiger partial charge in [-0.05, 0) is 18.2 Å². The first-order valence-electron chi connectivity index (χ1n) is 12.5. The number of pyridine rings is 1. The summed E-state index contributed by atoms with van der Waals surface area (Å²) >= 11 is 7.07. The molecule has 236 valence electrons. The number of hydrogen-bond acceptors (Lipinski definition) is 11. The monoisotopic (exact) mass is 664 g/mol. The number of carbonyl (C=O) groups is 3. The van der Waals surface area contributed by atoms with Crippen molar-refractivity contribution in [1.29, 1.82) is 0 Å². The molecular weight excluding hydrogens is 643 g/mol. The molecule has 0 radical (unpaired) electrons. The third-order valence-electron chi connectivity index (χ3n) is 6.04. The van der Waals surface area contributed by atoms with E-state index < -0.39 is 83.2 Å². The predicted molar refractivity (Wildman–Crippen MR) is 141 cm³/mol. The Labute approximate surface area is 254 Å². The molecule has 44 heavy (non-hydrogen) atoms. The third-order valence-corrected chi connectivity index (χ3v) is 7.35. The van der Waals surface area contributed by atoms with Gasteiger partial charge in [-0.25, -0.2) is 13.5 Å². The van der Waals surface area contributed by atoms with Gasteiger partial charge in [0.1, 0.15) is 47.1 Å². The van der Waals surface area contributed by atoms with Gasteiger partial charge >= 0.3 is 24.1 Å². The van der Waals surface area contributed by atoms with E-state index in [4.69, 9.17) is 30.5 Å². The highest BCUT2D eigenvalue weighted by molar-refractivity contribution is 7.99. The summed E-state index contributed by atoms with van der Waals surface area (Å²) in [5.74, 6) is -6.04. The summed E-state index contributed by atoms with van der Waals surface area (Å²) in [5.41, 5.74) is -3.85. The van der Waals surface area contributed by atoms with E-state index >= 15 is 0 Å². The molecule has 18 heteroatoms. The second-order valence-corrected chi connectivity index (χ2v) is 10.9. The van der Waals surface area contributed by atoms with Gasteiger partial charge in [-0.15, -0.1) is 5.10 Å². The minimum Gasteiger partial charge on any atom is -0.463 e. The summed E-state index contributed by atoms with van der Waals surface area (Å²) in [5, 5.41) is 8.07. The van der Waals surface area contributed by atoms with Gasteiger partial charge in [0.2, 0.25) is 0 Å². The zero-order valence-corrected chi connectivity index (χ0v) is 24.5. The molecule has 3 unspecified atom stereocenters. The number of ether oxygens (including phenoxy) is 4. The average Bonchev–Trinajstić information content (AvgIpc) is 3.37. The van der Waals surface area contributed by atoms with Crippen LogP contribution in [0.4, 0.5) is 22.0 Å². The van der Waals surface area contributed by atoms with Gasteiger partial charge in [0, 0.05) is 43.6 Å². The topological polar surface area (TPSA) is 132 Å². The number of thioether (sulfide) groups is 1. The van der Waals surface area contributed by atoms with Gasteiger partial charge in [0.25, 0.3) is 0 Å². The fraction of sp³-hybridized carbons (Fsp3) is 0.385. The van der Waals surface area contributed by atoms with Crippen molar-refractivity contribution < 1.29 is 55.3 Å². The SMILES string of the molecule is CC(=O)OCC1O[C@H](Sc2cncc(Cl)c2)C(OC(C)=O)C(n2cc(-c3cc(F)c(C(F)(F)F)c(F)c3)nn2)[C@H]1OC(C)=O. The number of benzene rings is 1. The molecule has 1 fully saturated rings. The van der Waals surface area contributed by atoms with Crippen LogP contribution in [0.3, 0.4) is 0 Å². The summed E-state index contributed by atoms with van der Waals surface area (Å²) in [4.78, 5) is 40.6. The van der Waals surface area contributed by atoms with Crippen LogP contribution in [0, 0.1) is 11.6 Å². The smallest absolute Gasteiger partial charge is 0.422 e. The molecule has 1 saturated heterocycles. The molecule has 0 N–H and O–H groups in total. The van der Waals surface area contributed by atoms with E-state index in [0.29, 0.717) is 17.0 Å². The lowest BCUT2D eigenvalue weighted by molar-refractivity contribution is -0.212. The molecule has 0 spiro atoms. The van der Waals surface area contributed by atoms with Gasteiger partial charge in [0.15, 0.2) is 12.2 Å². The highest BCUT2D eigenvalue weighted by Gasteiger charge is 2.52. The average molecular weight is 665 g/mol. The van der Waals surface area contributed by atoms with Crippen molar-refractivity contribution >= 4 is 41.3 Å². The minimum absolute atomic E-state index is 0.272. The van der Waals surface area contributed by atoms with Crippen LogP contribution in [0.25, 0.3) is 11.3 Å². The van der Waals surface area contributed by atoms with Crippen LogP contribution < -0.4 is 0 Å². The lowest BCUT2D eigenvalue weighted by Crippen LogP contribution is -2.57. The molecule has 1 aliphatic heterocycles. The normalized spacial score (nSPS) is 21.9. The van der Waals surface area contributed by atoms with E-state index in [9.17, 15) is 36.3 Å². The van der Waals surface area contributed by atoms with Crippen molar-refractivity contribution in [3.63, 3.8) is 0 Å². The van der Waals surface area contributed by atoms with Crippen LogP contribution >= 0.6 is 23.4 Å². The molecule has 5 atom stereocenters. The number of esters is 3. The van der Waals surface area contributed by atoms with Gasteiger partial charge in [-0.3, -0.25) is 19.4 Å². The molecule has 1 aromatic carbocycles. The van der Waals surface area contributed by atoms with E-state index in [1.807, 2.05) is 0 Å². The number of rotatable bonds is 8. The Bertz CT molecular complexity index is 1540. The summed E-state index contributed by atoms with van der Waals surface area (Å²) < 4.78 is 91.4. The Hall–Kier alpha value is -3.83. The Balaban J connectivity index is 1.82. The molecule has 1 aliphatic rings. The van der Waals surface area contributed by atoms with E-state index in [-0.39, 0.29) is 10.7 Å². The zero-order chi connectivity index (χ0) is 32.3. The fourth-order valence-electron chi connectivity index (χ4n) is 4.42. The van der Waals surface area contributed by atoms with E-state index in [0.717, 1.165) is 43.4 Å². The molecular formula is C26H22ClF5N4O7S. The van der Waals surface area contributed by atoms with Crippen LogP contribution in [0.15, 0.2) is 41.7 Å². The summed E-state index contributed by atoms with van der Waals surface area (Å²) in [7, 11) is 0. The maximum atomic E-state index is 14.3. The summed E-state index contributed by atoms with van der Waals surface area (Å²) in [6.07, 6.45) is -5.22. The zero-order valence-electron chi connectivity index (χ0n) is 22.9. The largest absolute Gasteiger partial charge is 0.463 e. The molecule has 11 nitrogen and oxygen atoms in total. The summed E-state index contributed by atoms with van der Waals surface area (Å²) in [6, 6.07) is 1.15. The van der Waals surface area contributed by atoms with Crippen molar-refractivity contribution in [2.75, 3.05) is 6.61 Å². The lowest BCUT2D eigenvalue weighted by atomic mass is 9.96. The van der Waals surface area contributed by atoms with Crippen molar-refractivity contribution in [3.05, 3.63) is 59.0 Å². The first kappa shape index (κ1) is 33.1. The van der Waals surface area contributed by atoms with Crippen LogP contribution in [0.1, 0.15) is 32.4 Å². The molecule has 3 aromatic rings. The molecule has 3 heterocycles. The number of aromatic nitrogens is 4. The van der Waals surface area contributed by atoms with Crippen LogP contribution in [0.2, 0.25) is 5.02 Å². The molecule has 0 saturated carbocycles. The van der Waals surface area contributed by atoms with E-state index in [2.05, 4.69) is 15.3 Å². The first-order chi connectivity index (χ1) is 20.6. The van der Waals surface area contributed by atoms with Crippen molar-refractivity contribution in [2.45, 2.75) is 61.6 Å². The Morgan fingerprint density at radius 2 is 1.64 bits per heavy atom. The van der Waals surface area contributed by atoms with Gasteiger partial charge < -0.3 is 18.9 Å². The van der Waals surface area contributed by atoms with Gasteiger partial charge in [-0.2, -0.15) is 13.2 Å². The Morgan fingerprint density at radius 3 is 2.20 bits per heavy atom. The van der Waals surface area contributed by atoms with Crippen molar-refractivity contribution in [1.82, 2.24) is 20.0 Å². The minimum atomic E-state index is -5.29. The maximum absolute atomic E-state index is 14.3. The number of halogens is 6. The van der Waals surface area contributed by atoms with Crippen molar-refractivity contribution in [2.24, 2.45) is 0 Å². The first-order valence-corrected chi connectivity index (χ1v) is 13.8. The lowest BCUT2D eigenvalue weighted by Gasteiger charge is -2.44. The molecule has 4 rings (SSSR count). The molecule has 0 aliphatic carbocycles. The Kier molecular flexibility index (Phi) is 10.1. The quantitative estimate of drug-likeness (QED) is 0.187. The van der Waals surface area contributed by atoms with Crippen LogP contribution in [0.5, 0.6) is 0 Å². The second kappa shape index (κ2) is 13.4. The second-order valence-electron chi connectivity index (χ2n) is 9.34. The standard InChI is InChI=1S/C26H22ClF5N4O7S/c1-11(37)40-10-20-23(41-12(2)38)22(24(42-13(3)39)25(43-20)44-16-6-15(27)7-33-8-16)36-9-19(34-35-36)14-4-17(28)21(18(29)5-14)26(30,31)32/h4-9,20,22-25H,10H2,1-3H3/t20?,22?,23-,24?,25+/m0/s1. The number of alkyl halides is 3. The van der Waals surface area contributed by atoms with Crippen LogP contribution in [-0.2, 0) is 39.5 Å². The summed E-state index contributed by atoms with van der Waals surface area (Å²) in [6.45, 7) is 2.89.